The van der Waals surface area contributed by atoms with Gasteiger partial charge in [0.1, 0.15) is 16.5 Å². The minimum Gasteiger partial charge on any atom is -0.370 e. The highest BCUT2D eigenvalue weighted by molar-refractivity contribution is 7.18. The van der Waals surface area contributed by atoms with E-state index < -0.39 is 0 Å². The average Bonchev–Trinajstić information content (AvgIpc) is 2.87. The van der Waals surface area contributed by atoms with Crippen LogP contribution in [0.25, 0.3) is 10.2 Å². The van der Waals surface area contributed by atoms with Crippen LogP contribution in [0, 0.1) is 6.92 Å². The summed E-state index contributed by atoms with van der Waals surface area (Å²) >= 11 is 1.74. The first-order valence-corrected chi connectivity index (χ1v) is 8.12. The Balaban J connectivity index is 1.88. The third-order valence-electron chi connectivity index (χ3n) is 3.39. The molecule has 0 bridgehead atoms. The van der Waals surface area contributed by atoms with Crippen LogP contribution in [-0.2, 0) is 12.8 Å². The molecule has 2 heterocycles. The molecule has 0 fully saturated rings. The Morgan fingerprint density at radius 1 is 1.10 bits per heavy atom. The highest BCUT2D eigenvalue weighted by Crippen LogP contribution is 2.28. The van der Waals surface area contributed by atoms with E-state index in [2.05, 4.69) is 49.5 Å². The van der Waals surface area contributed by atoms with Gasteiger partial charge in [-0.15, -0.1) is 11.3 Å². The first-order chi connectivity index (χ1) is 10.3. The third kappa shape index (κ3) is 3.22. The second-order valence-corrected chi connectivity index (χ2v) is 6.32. The summed E-state index contributed by atoms with van der Waals surface area (Å²) in [6, 6.07) is 12.7. The molecule has 3 nitrogen and oxygen atoms in total. The molecule has 0 spiro atoms. The van der Waals surface area contributed by atoms with Crippen molar-refractivity contribution in [2.24, 2.45) is 0 Å². The molecule has 4 heteroatoms. The first-order valence-electron chi connectivity index (χ1n) is 7.31. The van der Waals surface area contributed by atoms with Gasteiger partial charge in [0.25, 0.3) is 0 Å². The van der Waals surface area contributed by atoms with Gasteiger partial charge in [0.05, 0.1) is 5.39 Å². The van der Waals surface area contributed by atoms with Crippen molar-refractivity contribution in [3.63, 3.8) is 0 Å². The van der Waals surface area contributed by atoms with Gasteiger partial charge in [0.2, 0.25) is 0 Å². The summed E-state index contributed by atoms with van der Waals surface area (Å²) in [6.45, 7) is 5.08. The van der Waals surface area contributed by atoms with E-state index >= 15 is 0 Å². The van der Waals surface area contributed by atoms with Crippen molar-refractivity contribution in [1.82, 2.24) is 9.97 Å². The van der Waals surface area contributed by atoms with Crippen molar-refractivity contribution in [3.05, 3.63) is 52.7 Å². The molecule has 3 aromatic rings. The standard InChI is InChI=1S/C17H19N3S/c1-3-18-16-14-11-12(2)21-17(14)20-15(19-16)10-9-13-7-5-4-6-8-13/h4-8,11H,3,9-10H2,1-2H3,(H,18,19,20). The fourth-order valence-electron chi connectivity index (χ4n) is 2.40. The normalized spacial score (nSPS) is 11.0. The van der Waals surface area contributed by atoms with Gasteiger partial charge in [-0.05, 0) is 31.9 Å². The highest BCUT2D eigenvalue weighted by atomic mass is 32.1. The molecule has 0 amide bonds. The smallest absolute Gasteiger partial charge is 0.138 e. The Hall–Kier alpha value is -1.94. The predicted molar refractivity (Wildman–Crippen MR) is 90.2 cm³/mol. The van der Waals surface area contributed by atoms with Gasteiger partial charge in [-0.3, -0.25) is 0 Å². The van der Waals surface area contributed by atoms with Crippen LogP contribution in [0.4, 0.5) is 5.82 Å². The molecule has 0 aliphatic rings. The number of nitrogens with zero attached hydrogens (tertiary/aromatic N) is 2. The van der Waals surface area contributed by atoms with E-state index in [0.29, 0.717) is 0 Å². The zero-order valence-electron chi connectivity index (χ0n) is 12.4. The summed E-state index contributed by atoms with van der Waals surface area (Å²) in [5.41, 5.74) is 1.33. The molecule has 108 valence electrons. The number of aryl methyl sites for hydroxylation is 3. The van der Waals surface area contributed by atoms with E-state index in [1.807, 2.05) is 6.07 Å². The number of rotatable bonds is 5. The monoisotopic (exact) mass is 297 g/mol. The Kier molecular flexibility index (Phi) is 4.15. The van der Waals surface area contributed by atoms with Crippen LogP contribution in [0.1, 0.15) is 23.2 Å². The van der Waals surface area contributed by atoms with Gasteiger partial charge in [-0.25, -0.2) is 9.97 Å². The Morgan fingerprint density at radius 3 is 2.67 bits per heavy atom. The second-order valence-electron chi connectivity index (χ2n) is 5.08. The van der Waals surface area contributed by atoms with E-state index in [0.717, 1.165) is 41.2 Å². The molecule has 3 rings (SSSR count). The molecule has 0 unspecified atom stereocenters. The number of benzene rings is 1. The van der Waals surface area contributed by atoms with Gasteiger partial charge < -0.3 is 5.32 Å². The average molecular weight is 297 g/mol. The third-order valence-corrected chi connectivity index (χ3v) is 4.33. The number of nitrogens with one attached hydrogen (secondary N) is 1. The molecule has 0 aliphatic heterocycles. The van der Waals surface area contributed by atoms with Crippen molar-refractivity contribution < 1.29 is 0 Å². The van der Waals surface area contributed by atoms with Crippen LogP contribution in [0.5, 0.6) is 0 Å². The summed E-state index contributed by atoms with van der Waals surface area (Å²) in [5, 5.41) is 4.50. The van der Waals surface area contributed by atoms with E-state index in [9.17, 15) is 0 Å². The maximum absolute atomic E-state index is 4.72. The molecule has 1 N–H and O–H groups in total. The van der Waals surface area contributed by atoms with Crippen LogP contribution >= 0.6 is 11.3 Å². The van der Waals surface area contributed by atoms with Crippen LogP contribution in [0.15, 0.2) is 36.4 Å². The number of hydrogen-bond donors (Lipinski definition) is 1. The van der Waals surface area contributed by atoms with E-state index in [1.165, 1.54) is 10.4 Å². The molecule has 0 saturated heterocycles. The maximum atomic E-state index is 4.72. The van der Waals surface area contributed by atoms with E-state index in [-0.39, 0.29) is 0 Å². The lowest BCUT2D eigenvalue weighted by molar-refractivity contribution is 0.871. The quantitative estimate of drug-likeness (QED) is 0.766. The molecule has 0 atom stereocenters. The lowest BCUT2D eigenvalue weighted by Gasteiger charge is -2.07. The van der Waals surface area contributed by atoms with E-state index in [1.54, 1.807) is 11.3 Å². The summed E-state index contributed by atoms with van der Waals surface area (Å²) in [5.74, 6) is 1.89. The lowest BCUT2D eigenvalue weighted by atomic mass is 10.1. The van der Waals surface area contributed by atoms with Crippen LogP contribution in [0.3, 0.4) is 0 Å². The number of fused-ring (bicyclic) bond motifs is 1. The molecule has 0 radical (unpaired) electrons. The topological polar surface area (TPSA) is 37.8 Å². The van der Waals surface area contributed by atoms with Gasteiger partial charge in [0, 0.05) is 17.8 Å². The number of thiophene rings is 1. The Bertz CT molecular complexity index is 734. The number of aromatic nitrogens is 2. The molecule has 21 heavy (non-hydrogen) atoms. The van der Waals surface area contributed by atoms with E-state index in [4.69, 9.17) is 9.97 Å². The van der Waals surface area contributed by atoms with Crippen LogP contribution < -0.4 is 5.32 Å². The van der Waals surface area contributed by atoms with Crippen molar-refractivity contribution in [2.45, 2.75) is 26.7 Å². The fraction of sp³-hybridized carbons (Fsp3) is 0.294. The summed E-state index contributed by atoms with van der Waals surface area (Å²) < 4.78 is 0. The van der Waals surface area contributed by atoms with Crippen LogP contribution in [-0.4, -0.2) is 16.5 Å². The molecule has 1 aromatic carbocycles. The van der Waals surface area contributed by atoms with Gasteiger partial charge in [-0.1, -0.05) is 30.3 Å². The zero-order chi connectivity index (χ0) is 14.7. The molecular formula is C17H19N3S. The summed E-state index contributed by atoms with van der Waals surface area (Å²) in [7, 11) is 0. The van der Waals surface area contributed by atoms with Crippen LogP contribution in [0.2, 0.25) is 0 Å². The molecule has 0 saturated carbocycles. The largest absolute Gasteiger partial charge is 0.370 e. The summed E-state index contributed by atoms with van der Waals surface area (Å²) in [4.78, 5) is 11.8. The highest BCUT2D eigenvalue weighted by Gasteiger charge is 2.10. The Labute approximate surface area is 129 Å². The number of hydrogen-bond acceptors (Lipinski definition) is 4. The van der Waals surface area contributed by atoms with Crippen molar-refractivity contribution >= 4 is 27.4 Å². The lowest BCUT2D eigenvalue weighted by Crippen LogP contribution is -2.05. The predicted octanol–water partition coefficient (Wildman–Crippen LogP) is 4.22. The van der Waals surface area contributed by atoms with Crippen molar-refractivity contribution in [1.29, 1.82) is 0 Å². The molecular weight excluding hydrogens is 278 g/mol. The van der Waals surface area contributed by atoms with Gasteiger partial charge in [0.15, 0.2) is 0 Å². The fourth-order valence-corrected chi connectivity index (χ4v) is 3.30. The molecule has 0 aliphatic carbocycles. The SMILES string of the molecule is CCNc1nc(CCc2ccccc2)nc2sc(C)cc12. The Morgan fingerprint density at radius 2 is 1.90 bits per heavy atom. The number of anilines is 1. The maximum Gasteiger partial charge on any atom is 0.138 e. The first kappa shape index (κ1) is 14.0. The summed E-state index contributed by atoms with van der Waals surface area (Å²) in [6.07, 6.45) is 1.84. The van der Waals surface area contributed by atoms with Gasteiger partial charge in [-0.2, -0.15) is 0 Å². The van der Waals surface area contributed by atoms with Crippen molar-refractivity contribution in [3.8, 4) is 0 Å². The zero-order valence-corrected chi connectivity index (χ0v) is 13.2. The van der Waals surface area contributed by atoms with Crippen molar-refractivity contribution in [2.75, 3.05) is 11.9 Å². The van der Waals surface area contributed by atoms with Gasteiger partial charge >= 0.3 is 0 Å². The second kappa shape index (κ2) is 6.22. The minimum absolute atomic E-state index is 0.870. The minimum atomic E-state index is 0.870. The molecule has 2 aromatic heterocycles.